The zero-order valence-electron chi connectivity index (χ0n) is 10.5. The largest absolute Gasteiger partial charge is 0.325 e. The summed E-state index contributed by atoms with van der Waals surface area (Å²) in [5.74, 6) is 0.821. The topological polar surface area (TPSA) is 26.0 Å². The molecule has 0 aromatic heterocycles. The van der Waals surface area contributed by atoms with Gasteiger partial charge in [0.15, 0.2) is 0 Å². The van der Waals surface area contributed by atoms with Crippen LogP contribution in [-0.2, 0) is 0 Å². The second-order valence-corrected chi connectivity index (χ2v) is 6.76. The Morgan fingerprint density at radius 2 is 1.53 bits per heavy atom. The maximum Gasteiger partial charge on any atom is 0.0188 e. The number of rotatable bonds is 1. The SMILES string of the molecule is CC1(C)CCC(N)(C2CCCCCC2)C1. The Hall–Kier alpha value is -0.0400. The van der Waals surface area contributed by atoms with Crippen molar-refractivity contribution in [2.24, 2.45) is 17.1 Å². The van der Waals surface area contributed by atoms with E-state index < -0.39 is 0 Å². The summed E-state index contributed by atoms with van der Waals surface area (Å²) in [6.07, 6.45) is 12.4. The third-order valence-electron chi connectivity index (χ3n) is 4.74. The summed E-state index contributed by atoms with van der Waals surface area (Å²) in [5, 5.41) is 0. The maximum atomic E-state index is 6.68. The minimum atomic E-state index is 0.188. The highest BCUT2D eigenvalue weighted by Crippen LogP contribution is 2.48. The molecule has 88 valence electrons. The minimum absolute atomic E-state index is 0.188. The van der Waals surface area contributed by atoms with Gasteiger partial charge in [0.1, 0.15) is 0 Å². The van der Waals surface area contributed by atoms with Crippen LogP contribution in [-0.4, -0.2) is 5.54 Å². The average Bonchev–Trinajstić information content (AvgIpc) is 2.43. The molecule has 2 fully saturated rings. The van der Waals surface area contributed by atoms with Crippen LogP contribution in [0.4, 0.5) is 0 Å². The fourth-order valence-electron chi connectivity index (χ4n) is 3.84. The van der Waals surface area contributed by atoms with Crippen molar-refractivity contribution in [3.05, 3.63) is 0 Å². The van der Waals surface area contributed by atoms with Gasteiger partial charge in [-0.3, -0.25) is 0 Å². The average molecular weight is 209 g/mol. The van der Waals surface area contributed by atoms with E-state index in [1.54, 1.807) is 0 Å². The molecule has 0 bridgehead atoms. The Balaban J connectivity index is 2.02. The molecule has 1 nitrogen and oxygen atoms in total. The summed E-state index contributed by atoms with van der Waals surface area (Å²) < 4.78 is 0. The van der Waals surface area contributed by atoms with Crippen molar-refractivity contribution in [2.75, 3.05) is 0 Å². The van der Waals surface area contributed by atoms with Crippen LogP contribution >= 0.6 is 0 Å². The van der Waals surface area contributed by atoms with E-state index in [0.717, 1.165) is 5.92 Å². The molecule has 1 unspecified atom stereocenters. The Morgan fingerprint density at radius 1 is 0.933 bits per heavy atom. The lowest BCUT2D eigenvalue weighted by Crippen LogP contribution is -2.45. The van der Waals surface area contributed by atoms with Crippen LogP contribution in [0, 0.1) is 11.3 Å². The Bertz CT molecular complexity index is 213. The molecule has 0 heterocycles. The van der Waals surface area contributed by atoms with Crippen molar-refractivity contribution >= 4 is 0 Å². The molecule has 2 saturated carbocycles. The van der Waals surface area contributed by atoms with Crippen LogP contribution in [0.3, 0.4) is 0 Å². The molecule has 2 aliphatic rings. The maximum absolute atomic E-state index is 6.68. The summed E-state index contributed by atoms with van der Waals surface area (Å²) in [5.41, 5.74) is 7.37. The molecule has 2 aliphatic carbocycles. The van der Waals surface area contributed by atoms with Gasteiger partial charge in [-0.2, -0.15) is 0 Å². The van der Waals surface area contributed by atoms with Gasteiger partial charge in [0, 0.05) is 5.54 Å². The first-order valence-corrected chi connectivity index (χ1v) is 6.81. The monoisotopic (exact) mass is 209 g/mol. The quantitative estimate of drug-likeness (QED) is 0.652. The van der Waals surface area contributed by atoms with Gasteiger partial charge in [-0.15, -0.1) is 0 Å². The molecule has 15 heavy (non-hydrogen) atoms. The van der Waals surface area contributed by atoms with E-state index in [0.29, 0.717) is 5.41 Å². The Kier molecular flexibility index (Phi) is 3.12. The van der Waals surface area contributed by atoms with Gasteiger partial charge in [0.05, 0.1) is 0 Å². The lowest BCUT2D eigenvalue weighted by molar-refractivity contribution is 0.224. The van der Waals surface area contributed by atoms with Gasteiger partial charge in [-0.05, 0) is 43.4 Å². The summed E-state index contributed by atoms with van der Waals surface area (Å²) in [4.78, 5) is 0. The molecule has 0 saturated heterocycles. The highest BCUT2D eigenvalue weighted by atomic mass is 14.8. The summed E-state index contributed by atoms with van der Waals surface area (Å²) in [7, 11) is 0. The van der Waals surface area contributed by atoms with Crippen molar-refractivity contribution in [3.63, 3.8) is 0 Å². The zero-order chi connectivity index (χ0) is 10.9. The van der Waals surface area contributed by atoms with Gasteiger partial charge in [-0.25, -0.2) is 0 Å². The standard InChI is InChI=1S/C14H27N/c1-13(2)9-10-14(15,11-13)12-7-5-3-4-6-8-12/h12H,3-11,15H2,1-2H3. The summed E-state index contributed by atoms with van der Waals surface area (Å²) >= 11 is 0. The third-order valence-corrected chi connectivity index (χ3v) is 4.74. The zero-order valence-corrected chi connectivity index (χ0v) is 10.5. The number of nitrogens with two attached hydrogens (primary N) is 1. The van der Waals surface area contributed by atoms with Crippen molar-refractivity contribution in [1.82, 2.24) is 0 Å². The van der Waals surface area contributed by atoms with E-state index in [2.05, 4.69) is 13.8 Å². The van der Waals surface area contributed by atoms with Crippen molar-refractivity contribution in [2.45, 2.75) is 77.2 Å². The predicted molar refractivity (Wildman–Crippen MR) is 65.7 cm³/mol. The third kappa shape index (κ3) is 2.55. The molecule has 0 aromatic rings. The minimum Gasteiger partial charge on any atom is -0.325 e. The molecule has 2 N–H and O–H groups in total. The fraction of sp³-hybridized carbons (Fsp3) is 1.00. The molecule has 1 heteroatoms. The second kappa shape index (κ2) is 4.08. The summed E-state index contributed by atoms with van der Waals surface area (Å²) in [6, 6.07) is 0. The van der Waals surface area contributed by atoms with Crippen LogP contribution in [0.15, 0.2) is 0 Å². The van der Waals surface area contributed by atoms with Crippen LogP contribution in [0.5, 0.6) is 0 Å². The molecule has 0 radical (unpaired) electrons. The van der Waals surface area contributed by atoms with Crippen LogP contribution < -0.4 is 5.73 Å². The van der Waals surface area contributed by atoms with Gasteiger partial charge in [0.25, 0.3) is 0 Å². The van der Waals surface area contributed by atoms with Crippen LogP contribution in [0.1, 0.15) is 71.6 Å². The highest BCUT2D eigenvalue weighted by molar-refractivity contribution is 5.01. The number of hydrogen-bond donors (Lipinski definition) is 1. The smallest absolute Gasteiger partial charge is 0.0188 e. The van der Waals surface area contributed by atoms with Crippen LogP contribution in [0.25, 0.3) is 0 Å². The molecular formula is C14H27N. The summed E-state index contributed by atoms with van der Waals surface area (Å²) in [6.45, 7) is 4.77. The number of hydrogen-bond acceptors (Lipinski definition) is 1. The molecule has 2 rings (SSSR count). The van der Waals surface area contributed by atoms with E-state index in [4.69, 9.17) is 5.73 Å². The first-order chi connectivity index (χ1) is 7.02. The molecule has 0 spiro atoms. The Morgan fingerprint density at radius 3 is 2.00 bits per heavy atom. The highest BCUT2D eigenvalue weighted by Gasteiger charge is 2.44. The van der Waals surface area contributed by atoms with E-state index >= 15 is 0 Å². The van der Waals surface area contributed by atoms with Gasteiger partial charge in [0.2, 0.25) is 0 Å². The lowest BCUT2D eigenvalue weighted by atomic mass is 9.76. The molecule has 0 amide bonds. The Labute approximate surface area is 94.8 Å². The van der Waals surface area contributed by atoms with Crippen molar-refractivity contribution in [1.29, 1.82) is 0 Å². The van der Waals surface area contributed by atoms with Crippen molar-refractivity contribution in [3.8, 4) is 0 Å². The van der Waals surface area contributed by atoms with Gasteiger partial charge in [-0.1, -0.05) is 39.5 Å². The predicted octanol–water partition coefficient (Wildman–Crippen LogP) is 3.86. The normalized spacial score (nSPS) is 37.8. The first-order valence-electron chi connectivity index (χ1n) is 6.81. The molecule has 0 aromatic carbocycles. The molecule has 0 aliphatic heterocycles. The van der Waals surface area contributed by atoms with E-state index in [1.807, 2.05) is 0 Å². The molecular weight excluding hydrogens is 182 g/mol. The second-order valence-electron chi connectivity index (χ2n) is 6.76. The van der Waals surface area contributed by atoms with Gasteiger partial charge >= 0.3 is 0 Å². The van der Waals surface area contributed by atoms with Crippen LogP contribution in [0.2, 0.25) is 0 Å². The van der Waals surface area contributed by atoms with Crippen molar-refractivity contribution < 1.29 is 0 Å². The van der Waals surface area contributed by atoms with E-state index in [-0.39, 0.29) is 5.54 Å². The van der Waals surface area contributed by atoms with E-state index in [9.17, 15) is 0 Å². The lowest BCUT2D eigenvalue weighted by Gasteiger charge is -2.35. The fourth-order valence-corrected chi connectivity index (χ4v) is 3.84. The first kappa shape index (κ1) is 11.4. The van der Waals surface area contributed by atoms with E-state index in [1.165, 1.54) is 57.8 Å². The molecule has 1 atom stereocenters. The van der Waals surface area contributed by atoms with Gasteiger partial charge < -0.3 is 5.73 Å².